The molecular weight excluding hydrogens is 280 g/mol. The van der Waals surface area contributed by atoms with Crippen LogP contribution < -0.4 is 10.6 Å². The van der Waals surface area contributed by atoms with E-state index in [0.717, 1.165) is 18.4 Å². The lowest BCUT2D eigenvalue weighted by Crippen LogP contribution is -2.16. The molecule has 2 heterocycles. The predicted molar refractivity (Wildman–Crippen MR) is 82.5 cm³/mol. The molecule has 2 N–H and O–H groups in total. The fourth-order valence-corrected chi connectivity index (χ4v) is 2.04. The molecule has 2 aromatic heterocycles. The molecule has 0 spiro atoms. The van der Waals surface area contributed by atoms with E-state index in [-0.39, 0.29) is 17.7 Å². The van der Waals surface area contributed by atoms with Crippen molar-refractivity contribution in [2.75, 3.05) is 10.6 Å². The van der Waals surface area contributed by atoms with Gasteiger partial charge in [0.2, 0.25) is 5.91 Å². The topological polar surface area (TPSA) is 84.0 Å². The lowest BCUT2D eigenvalue weighted by molar-refractivity contribution is -0.117. The van der Waals surface area contributed by atoms with Gasteiger partial charge in [0.25, 0.3) is 5.91 Å². The van der Waals surface area contributed by atoms with E-state index in [1.165, 1.54) is 6.20 Å². The molecule has 2 amide bonds. The number of hydrogen-bond donors (Lipinski definition) is 2. The highest BCUT2D eigenvalue weighted by Gasteiger charge is 2.29. The smallest absolute Gasteiger partial charge is 0.255 e. The first-order chi connectivity index (χ1) is 10.6. The lowest BCUT2D eigenvalue weighted by atomic mass is 10.2. The Kier molecular flexibility index (Phi) is 3.82. The van der Waals surface area contributed by atoms with Crippen LogP contribution in [0.15, 0.2) is 36.8 Å². The zero-order valence-electron chi connectivity index (χ0n) is 12.2. The van der Waals surface area contributed by atoms with Crippen LogP contribution in [0.2, 0.25) is 0 Å². The largest absolute Gasteiger partial charge is 0.321 e. The minimum atomic E-state index is -0.267. The van der Waals surface area contributed by atoms with Crippen LogP contribution in [0.5, 0.6) is 0 Å². The molecule has 0 unspecified atom stereocenters. The van der Waals surface area contributed by atoms with Crippen LogP contribution in [0.25, 0.3) is 0 Å². The molecule has 0 bridgehead atoms. The van der Waals surface area contributed by atoms with Crippen LogP contribution in [0.3, 0.4) is 0 Å². The van der Waals surface area contributed by atoms with Gasteiger partial charge in [-0.3, -0.25) is 14.6 Å². The SMILES string of the molecule is Cc1cncc(NC(=O)c2ccnc(NC(=O)C3CC3)c2)c1. The molecule has 1 fully saturated rings. The Labute approximate surface area is 128 Å². The molecule has 6 heteroatoms. The van der Waals surface area contributed by atoms with Crippen LogP contribution >= 0.6 is 0 Å². The van der Waals surface area contributed by atoms with E-state index >= 15 is 0 Å². The molecule has 0 aliphatic heterocycles. The normalized spacial score (nSPS) is 13.5. The summed E-state index contributed by atoms with van der Waals surface area (Å²) in [6, 6.07) is 5.01. The first-order valence-electron chi connectivity index (χ1n) is 7.12. The summed E-state index contributed by atoms with van der Waals surface area (Å²) in [5.41, 5.74) is 2.03. The summed E-state index contributed by atoms with van der Waals surface area (Å²) < 4.78 is 0. The fourth-order valence-electron chi connectivity index (χ4n) is 2.04. The number of amides is 2. The number of rotatable bonds is 4. The Morgan fingerprint density at radius 3 is 2.73 bits per heavy atom. The average molecular weight is 296 g/mol. The number of anilines is 2. The zero-order chi connectivity index (χ0) is 15.5. The first-order valence-corrected chi connectivity index (χ1v) is 7.12. The van der Waals surface area contributed by atoms with E-state index in [0.29, 0.717) is 17.1 Å². The average Bonchev–Trinajstić information content (AvgIpc) is 3.32. The maximum atomic E-state index is 12.2. The van der Waals surface area contributed by atoms with Gasteiger partial charge >= 0.3 is 0 Å². The number of nitrogens with zero attached hydrogens (tertiary/aromatic N) is 2. The summed E-state index contributed by atoms with van der Waals surface area (Å²) in [7, 11) is 0. The zero-order valence-corrected chi connectivity index (χ0v) is 12.2. The molecule has 0 atom stereocenters. The van der Waals surface area contributed by atoms with Crippen molar-refractivity contribution >= 4 is 23.3 Å². The van der Waals surface area contributed by atoms with Crippen molar-refractivity contribution in [1.29, 1.82) is 0 Å². The number of nitrogens with one attached hydrogen (secondary N) is 2. The van der Waals surface area contributed by atoms with E-state index in [9.17, 15) is 9.59 Å². The minimum Gasteiger partial charge on any atom is -0.321 e. The molecule has 1 aliphatic carbocycles. The highest BCUT2D eigenvalue weighted by Crippen LogP contribution is 2.29. The van der Waals surface area contributed by atoms with Crippen molar-refractivity contribution in [3.05, 3.63) is 47.9 Å². The van der Waals surface area contributed by atoms with Gasteiger partial charge in [-0.25, -0.2) is 4.98 Å². The van der Waals surface area contributed by atoms with Crippen molar-refractivity contribution in [3.8, 4) is 0 Å². The highest BCUT2D eigenvalue weighted by atomic mass is 16.2. The first kappa shape index (κ1) is 14.2. The predicted octanol–water partition coefficient (Wildman–Crippen LogP) is 2.39. The number of aryl methyl sites for hydroxylation is 1. The fraction of sp³-hybridized carbons (Fsp3) is 0.250. The van der Waals surface area contributed by atoms with Crippen molar-refractivity contribution in [2.24, 2.45) is 5.92 Å². The van der Waals surface area contributed by atoms with Crippen LogP contribution in [-0.4, -0.2) is 21.8 Å². The van der Waals surface area contributed by atoms with Gasteiger partial charge in [-0.05, 0) is 43.5 Å². The van der Waals surface area contributed by atoms with Gasteiger partial charge in [-0.1, -0.05) is 0 Å². The summed E-state index contributed by atoms with van der Waals surface area (Å²) in [6.07, 6.45) is 6.65. The third-order valence-electron chi connectivity index (χ3n) is 3.35. The lowest BCUT2D eigenvalue weighted by Gasteiger charge is -2.07. The molecule has 1 aliphatic rings. The molecule has 0 saturated heterocycles. The van der Waals surface area contributed by atoms with Crippen LogP contribution in [0.1, 0.15) is 28.8 Å². The Bertz CT molecular complexity index is 726. The summed E-state index contributed by atoms with van der Waals surface area (Å²) in [4.78, 5) is 32.1. The highest BCUT2D eigenvalue weighted by molar-refractivity contribution is 6.05. The van der Waals surface area contributed by atoms with E-state index in [1.807, 2.05) is 13.0 Å². The number of carbonyl (C=O) groups excluding carboxylic acids is 2. The van der Waals surface area contributed by atoms with E-state index in [2.05, 4.69) is 20.6 Å². The van der Waals surface area contributed by atoms with Gasteiger partial charge in [0.05, 0.1) is 11.9 Å². The van der Waals surface area contributed by atoms with E-state index in [1.54, 1.807) is 24.5 Å². The van der Waals surface area contributed by atoms with E-state index in [4.69, 9.17) is 0 Å². The van der Waals surface area contributed by atoms with Gasteiger partial charge in [0, 0.05) is 23.9 Å². The third kappa shape index (κ3) is 3.46. The Morgan fingerprint density at radius 2 is 2.00 bits per heavy atom. The second-order valence-electron chi connectivity index (χ2n) is 5.40. The third-order valence-corrected chi connectivity index (χ3v) is 3.35. The van der Waals surface area contributed by atoms with Crippen LogP contribution in [0.4, 0.5) is 11.5 Å². The van der Waals surface area contributed by atoms with Crippen molar-refractivity contribution in [2.45, 2.75) is 19.8 Å². The van der Waals surface area contributed by atoms with Crippen molar-refractivity contribution in [3.63, 3.8) is 0 Å². The minimum absolute atomic E-state index is 0.0343. The summed E-state index contributed by atoms with van der Waals surface area (Å²) in [5, 5.41) is 5.50. The number of aromatic nitrogens is 2. The molecule has 0 radical (unpaired) electrons. The van der Waals surface area contributed by atoms with Crippen LogP contribution in [0, 0.1) is 12.8 Å². The number of carbonyl (C=O) groups is 2. The number of hydrogen-bond acceptors (Lipinski definition) is 4. The maximum Gasteiger partial charge on any atom is 0.255 e. The van der Waals surface area contributed by atoms with E-state index < -0.39 is 0 Å². The van der Waals surface area contributed by atoms with Gasteiger partial charge < -0.3 is 10.6 Å². The summed E-state index contributed by atoms with van der Waals surface area (Å²) in [6.45, 7) is 1.90. The van der Waals surface area contributed by atoms with Crippen LogP contribution in [-0.2, 0) is 4.79 Å². The van der Waals surface area contributed by atoms with Crippen molar-refractivity contribution in [1.82, 2.24) is 9.97 Å². The maximum absolute atomic E-state index is 12.2. The molecule has 112 valence electrons. The second-order valence-corrected chi connectivity index (χ2v) is 5.40. The van der Waals surface area contributed by atoms with Gasteiger partial charge in [0.15, 0.2) is 0 Å². The summed E-state index contributed by atoms with van der Waals surface area (Å²) >= 11 is 0. The quantitative estimate of drug-likeness (QED) is 0.907. The van der Waals surface area contributed by atoms with Gasteiger partial charge in [-0.2, -0.15) is 0 Å². The Balaban J connectivity index is 1.70. The molecule has 0 aromatic carbocycles. The number of pyridine rings is 2. The molecular formula is C16H16N4O2. The van der Waals surface area contributed by atoms with Gasteiger partial charge in [-0.15, -0.1) is 0 Å². The molecule has 2 aromatic rings. The van der Waals surface area contributed by atoms with Crippen molar-refractivity contribution < 1.29 is 9.59 Å². The second kappa shape index (κ2) is 5.93. The monoisotopic (exact) mass is 296 g/mol. The molecule has 1 saturated carbocycles. The Hall–Kier alpha value is -2.76. The standard InChI is InChI=1S/C16H16N4O2/c1-10-6-13(9-17-8-10)19-16(22)12-4-5-18-14(7-12)20-15(21)11-2-3-11/h4-9,11H,2-3H2,1H3,(H,19,22)(H,18,20,21). The molecule has 6 nitrogen and oxygen atoms in total. The Morgan fingerprint density at radius 1 is 1.18 bits per heavy atom. The molecule has 22 heavy (non-hydrogen) atoms. The van der Waals surface area contributed by atoms with Gasteiger partial charge in [0.1, 0.15) is 5.82 Å². The molecule has 3 rings (SSSR count). The summed E-state index contributed by atoms with van der Waals surface area (Å²) in [5.74, 6) is 0.189.